The smallest absolute Gasteiger partial charge is 0 e. The molecule has 0 saturated carbocycles. The molecule has 0 fully saturated rings. The van der Waals surface area contributed by atoms with Crippen LogP contribution in [0.4, 0.5) is 0 Å². The maximum atomic E-state index is 0. The standard InChI is InChI=1S/Ge.Mo.Se.Zn. The summed E-state index contributed by atoms with van der Waals surface area (Å²) in [6.07, 6.45) is 0. The molecule has 0 saturated heterocycles. The maximum Gasteiger partial charge on any atom is 0 e. The summed E-state index contributed by atoms with van der Waals surface area (Å²) in [6.45, 7) is 0. The van der Waals surface area contributed by atoms with E-state index in [1.165, 1.54) is 0 Å². The van der Waals surface area contributed by atoms with E-state index in [4.69, 9.17) is 0 Å². The van der Waals surface area contributed by atoms with Crippen LogP contribution in [0.1, 0.15) is 0 Å². The van der Waals surface area contributed by atoms with E-state index in [2.05, 4.69) is 0 Å². The summed E-state index contributed by atoms with van der Waals surface area (Å²) >= 11 is 0. The van der Waals surface area contributed by atoms with Gasteiger partial charge < -0.3 is 0 Å². The minimum Gasteiger partial charge on any atom is 0 e. The molecule has 0 N–H and O–H groups in total. The van der Waals surface area contributed by atoms with Crippen LogP contribution in [0.5, 0.6) is 0 Å². The van der Waals surface area contributed by atoms with Gasteiger partial charge in [0, 0.05) is 75.2 Å². The number of hydrogen-bond donors (Lipinski definition) is 0. The van der Waals surface area contributed by atoms with Crippen LogP contribution in [0.2, 0.25) is 0 Å². The third-order valence-corrected chi connectivity index (χ3v) is 0. The summed E-state index contributed by atoms with van der Waals surface area (Å²) in [5, 5.41) is 0. The molecule has 18 valence electrons. The Balaban J connectivity index is 0. The molecule has 0 heterocycles. The fourth-order valence-electron chi connectivity index (χ4n) is 0. The molecule has 4 heavy (non-hydrogen) atoms. The fraction of sp³-hybridized carbons (Fsp3) is 0. The molecule has 0 aromatic carbocycles. The molecule has 0 aliphatic carbocycles. The van der Waals surface area contributed by atoms with Crippen molar-refractivity contribution in [3.63, 3.8) is 0 Å². The van der Waals surface area contributed by atoms with Gasteiger partial charge in [0.2, 0.25) is 0 Å². The van der Waals surface area contributed by atoms with E-state index < -0.39 is 0 Å². The minimum atomic E-state index is 0. The summed E-state index contributed by atoms with van der Waals surface area (Å²) < 4.78 is 0. The van der Waals surface area contributed by atoms with Gasteiger partial charge >= 0.3 is 0 Å². The summed E-state index contributed by atoms with van der Waals surface area (Å²) in [5.41, 5.74) is 0. The fourth-order valence-corrected chi connectivity index (χ4v) is 0. The van der Waals surface area contributed by atoms with Crippen LogP contribution in [0.25, 0.3) is 0 Å². The van der Waals surface area contributed by atoms with Gasteiger partial charge in [-0.3, -0.25) is 0 Å². The third kappa shape index (κ3) is 8.84. The Labute approximate surface area is 74.3 Å². The van der Waals surface area contributed by atoms with Crippen molar-refractivity contribution in [2.24, 2.45) is 0 Å². The second-order valence-electron chi connectivity index (χ2n) is 0. The average molecular weight is 313 g/mol. The van der Waals surface area contributed by atoms with Crippen molar-refractivity contribution < 1.29 is 40.5 Å². The zero-order valence-electron chi connectivity index (χ0n) is 2.02. The SMILES string of the molecule is [Ge].[Mo].[Se].[Zn]. The first kappa shape index (κ1) is 32.7. The van der Waals surface area contributed by atoms with Gasteiger partial charge in [0.05, 0.1) is 0 Å². The van der Waals surface area contributed by atoms with Crippen LogP contribution < -0.4 is 0 Å². The monoisotopic (exact) mass is 316 g/mol. The van der Waals surface area contributed by atoms with E-state index in [0.29, 0.717) is 0 Å². The van der Waals surface area contributed by atoms with Crippen LogP contribution in [-0.2, 0) is 40.5 Å². The molecule has 0 atom stereocenters. The molecule has 0 nitrogen and oxygen atoms in total. The van der Waals surface area contributed by atoms with Gasteiger partial charge in [-0.15, -0.1) is 0 Å². The summed E-state index contributed by atoms with van der Waals surface area (Å²) in [7, 11) is 0. The molecule has 0 amide bonds. The second kappa shape index (κ2) is 18.2. The zero-order chi connectivity index (χ0) is 0. The van der Waals surface area contributed by atoms with Crippen LogP contribution in [0.3, 0.4) is 0 Å². The zero-order valence-corrected chi connectivity index (χ0v) is 10.8. The Hall–Kier alpha value is 2.37. The first-order valence-corrected chi connectivity index (χ1v) is 0. The Morgan fingerprint density at radius 1 is 1.00 bits per heavy atom. The number of rotatable bonds is 0. The van der Waals surface area contributed by atoms with Crippen molar-refractivity contribution in [2.45, 2.75) is 0 Å². The Morgan fingerprint density at radius 2 is 1.00 bits per heavy atom. The van der Waals surface area contributed by atoms with E-state index in [1.54, 1.807) is 0 Å². The second-order valence-corrected chi connectivity index (χ2v) is 0. The van der Waals surface area contributed by atoms with Crippen molar-refractivity contribution in [3.8, 4) is 0 Å². The van der Waals surface area contributed by atoms with E-state index in [9.17, 15) is 0 Å². The van der Waals surface area contributed by atoms with Crippen LogP contribution >= 0.6 is 0 Å². The van der Waals surface area contributed by atoms with Crippen LogP contribution in [0, 0.1) is 0 Å². The van der Waals surface area contributed by atoms with Gasteiger partial charge in [-0.05, 0) is 0 Å². The molecule has 0 rings (SSSR count). The van der Waals surface area contributed by atoms with Crippen molar-refractivity contribution in [1.82, 2.24) is 0 Å². The van der Waals surface area contributed by atoms with Crippen LogP contribution in [-0.4, -0.2) is 34.7 Å². The summed E-state index contributed by atoms with van der Waals surface area (Å²) in [5.74, 6) is 0. The molecule has 0 aliphatic rings. The topological polar surface area (TPSA) is 0 Å². The maximum absolute atomic E-state index is 0. The van der Waals surface area contributed by atoms with Crippen molar-refractivity contribution in [2.75, 3.05) is 0 Å². The molecule has 6 radical (unpaired) electrons. The minimum absolute atomic E-state index is 0. The van der Waals surface area contributed by atoms with E-state index >= 15 is 0 Å². The van der Waals surface area contributed by atoms with Crippen molar-refractivity contribution in [1.29, 1.82) is 0 Å². The van der Waals surface area contributed by atoms with Gasteiger partial charge in [-0.25, -0.2) is 0 Å². The molecular formula is GeMoSeZn. The molecule has 0 bridgehead atoms. The molecule has 0 unspecified atom stereocenters. The molecule has 4 heteroatoms. The first-order valence-electron chi connectivity index (χ1n) is 0. The molecule has 0 aliphatic heterocycles. The molecule has 0 aromatic heterocycles. The molecule has 0 aromatic rings. The Kier molecular flexibility index (Phi) is 149. The van der Waals surface area contributed by atoms with Gasteiger partial charge in [-0.2, -0.15) is 0 Å². The van der Waals surface area contributed by atoms with E-state index in [-0.39, 0.29) is 75.2 Å². The van der Waals surface area contributed by atoms with Gasteiger partial charge in [0.15, 0.2) is 0 Å². The normalized spacial score (nSPS) is 0. The summed E-state index contributed by atoms with van der Waals surface area (Å²) in [6, 6.07) is 0. The first-order chi connectivity index (χ1) is 0. The van der Waals surface area contributed by atoms with Crippen LogP contribution in [0.15, 0.2) is 0 Å². The summed E-state index contributed by atoms with van der Waals surface area (Å²) in [4.78, 5) is 0. The Bertz CT molecular complexity index is 8.00. The van der Waals surface area contributed by atoms with Gasteiger partial charge in [-0.1, -0.05) is 0 Å². The average Bonchev–Trinajstić information content (AvgIpc) is 0. The third-order valence-electron chi connectivity index (χ3n) is 0. The van der Waals surface area contributed by atoms with E-state index in [0.717, 1.165) is 0 Å². The van der Waals surface area contributed by atoms with Crippen molar-refractivity contribution >= 4 is 34.7 Å². The number of hydrogen-bond acceptors (Lipinski definition) is 0. The van der Waals surface area contributed by atoms with Gasteiger partial charge in [0.1, 0.15) is 0 Å². The quantitative estimate of drug-likeness (QED) is 0.516. The molecule has 0 spiro atoms. The predicted molar refractivity (Wildman–Crippen MR) is 11.5 cm³/mol. The van der Waals surface area contributed by atoms with E-state index in [1.807, 2.05) is 0 Å². The largest absolute Gasteiger partial charge is 0 e. The van der Waals surface area contributed by atoms with Crippen molar-refractivity contribution in [3.05, 3.63) is 0 Å². The van der Waals surface area contributed by atoms with Gasteiger partial charge in [0.25, 0.3) is 0 Å². The predicted octanol–water partition coefficient (Wildman–Crippen LogP) is -0.767. The molecular weight excluding hydrogens is 313 g/mol. The Morgan fingerprint density at radius 3 is 1.00 bits per heavy atom.